The van der Waals surface area contributed by atoms with E-state index in [0.717, 1.165) is 18.2 Å². The molecule has 1 fully saturated rings. The molecule has 3 N–H and O–H groups in total. The van der Waals surface area contributed by atoms with Crippen molar-refractivity contribution in [3.05, 3.63) is 6.07 Å². The minimum atomic E-state index is 0.341. The third-order valence-corrected chi connectivity index (χ3v) is 3.61. The van der Waals surface area contributed by atoms with Gasteiger partial charge in [-0.05, 0) is 18.8 Å². The van der Waals surface area contributed by atoms with Crippen LogP contribution in [-0.4, -0.2) is 29.6 Å². The zero-order valence-electron chi connectivity index (χ0n) is 12.2. The molecule has 5 heteroatoms. The maximum Gasteiger partial charge on any atom is 0.223 e. The van der Waals surface area contributed by atoms with Gasteiger partial charge in [0.15, 0.2) is 0 Å². The second-order valence-electron chi connectivity index (χ2n) is 5.70. The molecule has 1 aromatic rings. The summed E-state index contributed by atoms with van der Waals surface area (Å²) in [6.07, 6.45) is 5.15. The molecule has 0 saturated heterocycles. The molecule has 1 heterocycles. The highest BCUT2D eigenvalue weighted by atomic mass is 15.2. The van der Waals surface area contributed by atoms with E-state index in [4.69, 9.17) is 5.73 Å². The molecule has 1 aliphatic rings. The van der Waals surface area contributed by atoms with Crippen LogP contribution in [0.5, 0.6) is 0 Å². The van der Waals surface area contributed by atoms with Crippen molar-refractivity contribution in [1.29, 1.82) is 0 Å². The van der Waals surface area contributed by atoms with E-state index in [0.29, 0.717) is 17.9 Å². The number of hydrogen-bond donors (Lipinski definition) is 2. The molecule has 0 atom stereocenters. The predicted octanol–water partition coefficient (Wildman–Crippen LogP) is 2.51. The minimum Gasteiger partial charge on any atom is -0.373 e. The molecular formula is C14H25N5. The summed E-state index contributed by atoms with van der Waals surface area (Å²) in [5.74, 6) is 2.69. The molecule has 0 radical (unpaired) electrons. The van der Waals surface area contributed by atoms with Crippen LogP contribution in [0.2, 0.25) is 0 Å². The SMILES string of the molecule is CNc1cc(N(CC(C)C)C2CCCC2)nc(N)n1. The maximum atomic E-state index is 5.81. The summed E-state index contributed by atoms with van der Waals surface area (Å²) < 4.78 is 0. The lowest BCUT2D eigenvalue weighted by Gasteiger charge is -2.32. The molecule has 2 rings (SSSR count). The zero-order valence-corrected chi connectivity index (χ0v) is 12.2. The summed E-state index contributed by atoms with van der Waals surface area (Å²) in [5, 5.41) is 3.05. The Kier molecular flexibility index (Phi) is 4.45. The second-order valence-corrected chi connectivity index (χ2v) is 5.70. The number of nitrogens with two attached hydrogens (primary N) is 1. The van der Waals surface area contributed by atoms with Crippen LogP contribution in [0.3, 0.4) is 0 Å². The summed E-state index contributed by atoms with van der Waals surface area (Å²) in [5.41, 5.74) is 5.81. The fourth-order valence-electron chi connectivity index (χ4n) is 2.77. The smallest absolute Gasteiger partial charge is 0.223 e. The Morgan fingerprint density at radius 1 is 1.37 bits per heavy atom. The molecule has 0 amide bonds. The average Bonchev–Trinajstić information content (AvgIpc) is 2.88. The highest BCUT2D eigenvalue weighted by molar-refractivity contribution is 5.53. The highest BCUT2D eigenvalue weighted by Crippen LogP contribution is 2.29. The Morgan fingerprint density at radius 3 is 2.63 bits per heavy atom. The third-order valence-electron chi connectivity index (χ3n) is 3.61. The van der Waals surface area contributed by atoms with Crippen molar-refractivity contribution >= 4 is 17.6 Å². The van der Waals surface area contributed by atoms with Crippen molar-refractivity contribution in [2.45, 2.75) is 45.6 Å². The molecule has 0 aliphatic heterocycles. The van der Waals surface area contributed by atoms with E-state index in [1.54, 1.807) is 0 Å². The van der Waals surface area contributed by atoms with Crippen LogP contribution in [0.25, 0.3) is 0 Å². The molecular weight excluding hydrogens is 238 g/mol. The van der Waals surface area contributed by atoms with Gasteiger partial charge >= 0.3 is 0 Å². The lowest BCUT2D eigenvalue weighted by atomic mass is 10.1. The monoisotopic (exact) mass is 263 g/mol. The van der Waals surface area contributed by atoms with E-state index in [1.807, 2.05) is 13.1 Å². The molecule has 5 nitrogen and oxygen atoms in total. The van der Waals surface area contributed by atoms with Gasteiger partial charge in [-0.1, -0.05) is 26.7 Å². The quantitative estimate of drug-likeness (QED) is 0.854. The number of aromatic nitrogens is 2. The average molecular weight is 263 g/mol. The highest BCUT2D eigenvalue weighted by Gasteiger charge is 2.25. The van der Waals surface area contributed by atoms with Gasteiger partial charge in [0.1, 0.15) is 11.6 Å². The Bertz CT molecular complexity index is 412. The maximum absolute atomic E-state index is 5.81. The van der Waals surface area contributed by atoms with Gasteiger partial charge in [-0.25, -0.2) is 0 Å². The van der Waals surface area contributed by atoms with Gasteiger partial charge in [0.05, 0.1) is 0 Å². The van der Waals surface area contributed by atoms with Crippen molar-refractivity contribution in [1.82, 2.24) is 9.97 Å². The van der Waals surface area contributed by atoms with Crippen LogP contribution in [0, 0.1) is 5.92 Å². The molecule has 106 valence electrons. The number of hydrogen-bond acceptors (Lipinski definition) is 5. The molecule has 1 aromatic heterocycles. The summed E-state index contributed by atoms with van der Waals surface area (Å²) >= 11 is 0. The largest absolute Gasteiger partial charge is 0.373 e. The number of anilines is 3. The normalized spacial score (nSPS) is 16.0. The molecule has 0 unspecified atom stereocenters. The van der Waals surface area contributed by atoms with Gasteiger partial charge in [0, 0.05) is 25.7 Å². The molecule has 0 aromatic carbocycles. The predicted molar refractivity (Wildman–Crippen MR) is 80.4 cm³/mol. The van der Waals surface area contributed by atoms with Gasteiger partial charge in [0.2, 0.25) is 5.95 Å². The van der Waals surface area contributed by atoms with Crippen LogP contribution in [0.15, 0.2) is 6.07 Å². The van der Waals surface area contributed by atoms with Crippen molar-refractivity contribution in [2.24, 2.45) is 5.92 Å². The van der Waals surface area contributed by atoms with Crippen LogP contribution in [0.4, 0.5) is 17.6 Å². The standard InChI is InChI=1S/C14H25N5/c1-10(2)9-19(11-6-4-5-7-11)13-8-12(16-3)17-14(15)18-13/h8,10-11H,4-7,9H2,1-3H3,(H3,15,16,17,18). The fourth-order valence-corrected chi connectivity index (χ4v) is 2.77. The Labute approximate surface area is 115 Å². The summed E-state index contributed by atoms with van der Waals surface area (Å²) in [6, 6.07) is 2.60. The van der Waals surface area contributed by atoms with Crippen LogP contribution >= 0.6 is 0 Å². The number of nitrogens with one attached hydrogen (secondary N) is 1. The first-order valence-electron chi connectivity index (χ1n) is 7.19. The molecule has 19 heavy (non-hydrogen) atoms. The van der Waals surface area contributed by atoms with Gasteiger partial charge in [-0.2, -0.15) is 9.97 Å². The van der Waals surface area contributed by atoms with E-state index in [-0.39, 0.29) is 0 Å². The first-order valence-corrected chi connectivity index (χ1v) is 7.19. The Hall–Kier alpha value is -1.52. The van der Waals surface area contributed by atoms with Crippen molar-refractivity contribution in [2.75, 3.05) is 29.5 Å². The van der Waals surface area contributed by atoms with E-state index in [1.165, 1.54) is 25.7 Å². The van der Waals surface area contributed by atoms with E-state index in [9.17, 15) is 0 Å². The first kappa shape index (κ1) is 13.9. The Morgan fingerprint density at radius 2 is 2.05 bits per heavy atom. The van der Waals surface area contributed by atoms with Crippen LogP contribution < -0.4 is 16.0 Å². The Balaban J connectivity index is 2.28. The lowest BCUT2D eigenvalue weighted by molar-refractivity contribution is 0.531. The number of rotatable bonds is 5. The second kappa shape index (κ2) is 6.08. The molecule has 0 bridgehead atoms. The van der Waals surface area contributed by atoms with Crippen molar-refractivity contribution in [3.8, 4) is 0 Å². The van der Waals surface area contributed by atoms with Crippen molar-refractivity contribution < 1.29 is 0 Å². The number of nitrogens with zero attached hydrogens (tertiary/aromatic N) is 3. The van der Waals surface area contributed by atoms with Crippen LogP contribution in [0.1, 0.15) is 39.5 Å². The van der Waals surface area contributed by atoms with Crippen LogP contribution in [-0.2, 0) is 0 Å². The zero-order chi connectivity index (χ0) is 13.8. The van der Waals surface area contributed by atoms with Crippen molar-refractivity contribution in [3.63, 3.8) is 0 Å². The molecule has 1 aliphatic carbocycles. The first-order chi connectivity index (χ1) is 9.10. The van der Waals surface area contributed by atoms with E-state index in [2.05, 4.69) is 34.0 Å². The van der Waals surface area contributed by atoms with E-state index < -0.39 is 0 Å². The minimum absolute atomic E-state index is 0.341. The van der Waals surface area contributed by atoms with E-state index >= 15 is 0 Å². The van der Waals surface area contributed by atoms with Gasteiger partial charge in [-0.15, -0.1) is 0 Å². The fraction of sp³-hybridized carbons (Fsp3) is 0.714. The summed E-state index contributed by atoms with van der Waals surface area (Å²) in [4.78, 5) is 11.0. The molecule has 1 saturated carbocycles. The van der Waals surface area contributed by atoms with Gasteiger partial charge in [0.25, 0.3) is 0 Å². The number of nitrogen functional groups attached to an aromatic ring is 1. The summed E-state index contributed by atoms with van der Waals surface area (Å²) in [7, 11) is 1.86. The van der Waals surface area contributed by atoms with Gasteiger partial charge < -0.3 is 16.0 Å². The third kappa shape index (κ3) is 3.49. The topological polar surface area (TPSA) is 67.1 Å². The lowest BCUT2D eigenvalue weighted by Crippen LogP contribution is -2.37. The summed E-state index contributed by atoms with van der Waals surface area (Å²) in [6.45, 7) is 5.50. The van der Waals surface area contributed by atoms with Gasteiger partial charge in [-0.3, -0.25) is 0 Å². The molecule has 0 spiro atoms.